The molecule has 0 N–H and O–H groups in total. The van der Waals surface area contributed by atoms with Crippen molar-refractivity contribution in [2.75, 3.05) is 0 Å². The van der Waals surface area contributed by atoms with E-state index in [1.807, 2.05) is 0 Å². The summed E-state index contributed by atoms with van der Waals surface area (Å²) in [5.74, 6) is -4.82. The molecule has 1 aromatic carbocycles. The first-order chi connectivity index (χ1) is 30.9. The molecule has 4 saturated heterocycles. The molecule has 4 atom stereocenters. The second-order valence-corrected chi connectivity index (χ2v) is 30.3. The summed E-state index contributed by atoms with van der Waals surface area (Å²) in [6.45, 7) is 59.5. The van der Waals surface area contributed by atoms with Crippen LogP contribution < -0.4 is 18.9 Å². The van der Waals surface area contributed by atoms with E-state index in [1.54, 1.807) is 0 Å². The first kappa shape index (κ1) is 57.8. The standard InChI is InChI=1S/C58H98N4O8/c1-47(2,3)59-51(13,14)31-35(55(59,21)22)43(63)67-39-29-41(69-45(65)37-33-53(17,18)61(49(7,8)9)57(37,25)26)42(70-46(66)38-34-54(19,20)62(50(10,11)12)58(38,27)28)30-40(39)68-44(64)36-32-52(15,16)60(48(4,5)6)56(36,23)24/h29-30,35-38H,31-34H2,1-28H3. The number of rotatable bonds is 8. The van der Waals surface area contributed by atoms with E-state index in [2.05, 4.69) is 213 Å². The van der Waals surface area contributed by atoms with Gasteiger partial charge in [0.1, 0.15) is 0 Å². The highest BCUT2D eigenvalue weighted by Gasteiger charge is 2.62. The van der Waals surface area contributed by atoms with E-state index in [4.69, 9.17) is 18.9 Å². The maximum atomic E-state index is 14.9. The van der Waals surface area contributed by atoms with E-state index in [1.165, 1.54) is 12.1 Å². The average Bonchev–Trinajstić information content (AvgIpc) is 3.61. The van der Waals surface area contributed by atoms with Crippen molar-refractivity contribution in [2.45, 2.75) is 286 Å². The van der Waals surface area contributed by atoms with Gasteiger partial charge >= 0.3 is 23.9 Å². The van der Waals surface area contributed by atoms with Gasteiger partial charge in [-0.2, -0.15) is 0 Å². The zero-order valence-corrected chi connectivity index (χ0v) is 49.3. The number of carbonyl (C=O) groups excluding carboxylic acids is 4. The molecule has 1 aromatic rings. The highest BCUT2D eigenvalue weighted by Crippen LogP contribution is 2.55. The molecule has 4 fully saturated rings. The van der Waals surface area contributed by atoms with Gasteiger partial charge in [-0.05, 0) is 220 Å². The highest BCUT2D eigenvalue weighted by molar-refractivity contribution is 5.84. The molecule has 4 aliphatic rings. The van der Waals surface area contributed by atoms with Gasteiger partial charge in [-0.1, -0.05) is 0 Å². The topological polar surface area (TPSA) is 118 Å². The van der Waals surface area contributed by atoms with Gasteiger partial charge in [-0.15, -0.1) is 0 Å². The molecule has 4 aliphatic heterocycles. The number of hydrogen-bond acceptors (Lipinski definition) is 12. The van der Waals surface area contributed by atoms with Crippen LogP contribution in [0.5, 0.6) is 23.0 Å². The lowest BCUT2D eigenvalue weighted by atomic mass is 9.86. The molecule has 5 rings (SSSR count). The van der Waals surface area contributed by atoms with Gasteiger partial charge in [-0.25, -0.2) is 0 Å². The number of hydrogen-bond donors (Lipinski definition) is 0. The molecule has 12 nitrogen and oxygen atoms in total. The Labute approximate surface area is 425 Å². The Morgan fingerprint density at radius 1 is 0.343 bits per heavy atom. The molecule has 4 unspecified atom stereocenters. The van der Waals surface area contributed by atoms with E-state index in [9.17, 15) is 19.2 Å². The lowest BCUT2D eigenvalue weighted by Gasteiger charge is -2.50. The molecule has 398 valence electrons. The van der Waals surface area contributed by atoms with Crippen LogP contribution in [-0.2, 0) is 19.2 Å². The molecule has 0 amide bonds. The fraction of sp³-hybridized carbons (Fsp3) is 0.828. The summed E-state index contributed by atoms with van der Waals surface area (Å²) < 4.78 is 26.0. The fourth-order valence-corrected chi connectivity index (χ4v) is 17.2. The molecule has 4 heterocycles. The fourth-order valence-electron chi connectivity index (χ4n) is 17.2. The van der Waals surface area contributed by atoms with Crippen LogP contribution in [0.1, 0.15) is 220 Å². The van der Waals surface area contributed by atoms with Gasteiger partial charge < -0.3 is 18.9 Å². The first-order valence-corrected chi connectivity index (χ1v) is 26.1. The van der Waals surface area contributed by atoms with Gasteiger partial charge in [-0.3, -0.25) is 38.8 Å². The summed E-state index contributed by atoms with van der Waals surface area (Å²) >= 11 is 0. The number of carbonyl (C=O) groups is 4. The number of esters is 4. The van der Waals surface area contributed by atoms with Gasteiger partial charge in [0.2, 0.25) is 0 Å². The maximum absolute atomic E-state index is 14.9. The summed E-state index contributed by atoms with van der Waals surface area (Å²) in [4.78, 5) is 69.2. The van der Waals surface area contributed by atoms with Crippen LogP contribution in [0.2, 0.25) is 0 Å². The second kappa shape index (κ2) is 17.3. The van der Waals surface area contributed by atoms with Crippen LogP contribution >= 0.6 is 0 Å². The van der Waals surface area contributed by atoms with Crippen molar-refractivity contribution in [2.24, 2.45) is 23.7 Å². The summed E-state index contributed by atoms with van der Waals surface area (Å²) in [5, 5.41) is 0. The van der Waals surface area contributed by atoms with E-state index >= 15 is 0 Å². The largest absolute Gasteiger partial charge is 0.422 e. The summed E-state index contributed by atoms with van der Waals surface area (Å²) in [7, 11) is 0. The van der Waals surface area contributed by atoms with Crippen molar-refractivity contribution in [3.05, 3.63) is 12.1 Å². The van der Waals surface area contributed by atoms with Crippen LogP contribution in [-0.4, -0.2) is 110 Å². The van der Waals surface area contributed by atoms with E-state index in [0.29, 0.717) is 25.7 Å². The quantitative estimate of drug-likeness (QED) is 0.182. The number of benzene rings is 1. The van der Waals surface area contributed by atoms with E-state index in [0.717, 1.165) is 0 Å². The van der Waals surface area contributed by atoms with Crippen LogP contribution in [0.25, 0.3) is 0 Å². The van der Waals surface area contributed by atoms with Gasteiger partial charge in [0, 0.05) is 78.6 Å². The Hall–Kier alpha value is -3.06. The summed E-state index contributed by atoms with van der Waals surface area (Å²) in [6, 6.07) is 2.83. The van der Waals surface area contributed by atoms with Gasteiger partial charge in [0.25, 0.3) is 0 Å². The third-order valence-corrected chi connectivity index (χ3v) is 16.6. The predicted molar refractivity (Wildman–Crippen MR) is 280 cm³/mol. The average molecular weight is 979 g/mol. The summed E-state index contributed by atoms with van der Waals surface area (Å²) in [6.07, 6.45) is 2.03. The molecule has 12 heteroatoms. The number of nitrogens with zero attached hydrogens (tertiary/aromatic N) is 4. The van der Waals surface area contributed by atoms with Gasteiger partial charge in [0.05, 0.1) is 23.7 Å². The Morgan fingerprint density at radius 2 is 0.486 bits per heavy atom. The van der Waals surface area contributed by atoms with Crippen molar-refractivity contribution in [3.63, 3.8) is 0 Å². The third kappa shape index (κ3) is 10.3. The minimum atomic E-state index is -0.640. The van der Waals surface area contributed by atoms with Crippen LogP contribution in [0.15, 0.2) is 12.1 Å². The second-order valence-electron chi connectivity index (χ2n) is 30.3. The van der Waals surface area contributed by atoms with Crippen molar-refractivity contribution >= 4 is 23.9 Å². The number of ether oxygens (including phenoxy) is 4. The molecular formula is C58H98N4O8. The van der Waals surface area contributed by atoms with E-state index < -0.39 is 69.7 Å². The van der Waals surface area contributed by atoms with Crippen LogP contribution in [0.3, 0.4) is 0 Å². The molecular weight excluding hydrogens is 881 g/mol. The Balaban J connectivity index is 1.71. The van der Waals surface area contributed by atoms with Crippen molar-refractivity contribution < 1.29 is 38.1 Å². The normalized spacial score (nSPS) is 28.4. The molecule has 0 aromatic heterocycles. The molecule has 0 radical (unpaired) electrons. The Kier molecular flexibility index (Phi) is 14.3. The third-order valence-electron chi connectivity index (χ3n) is 16.6. The first-order valence-electron chi connectivity index (χ1n) is 26.1. The smallest absolute Gasteiger partial charge is 0.316 e. The minimum Gasteiger partial charge on any atom is -0.422 e. The zero-order valence-electron chi connectivity index (χ0n) is 49.3. The van der Waals surface area contributed by atoms with Crippen molar-refractivity contribution in [3.8, 4) is 23.0 Å². The minimum absolute atomic E-state index is 0.102. The number of likely N-dealkylation sites (tertiary alicyclic amines) is 4. The van der Waals surface area contributed by atoms with Crippen LogP contribution in [0.4, 0.5) is 0 Å². The van der Waals surface area contributed by atoms with Crippen molar-refractivity contribution in [1.29, 1.82) is 0 Å². The van der Waals surface area contributed by atoms with E-state index in [-0.39, 0.29) is 67.3 Å². The maximum Gasteiger partial charge on any atom is 0.316 e. The summed E-state index contributed by atoms with van der Waals surface area (Å²) in [5.41, 5.74) is -5.16. The SMILES string of the molecule is CC(C)(C)N1C(C)(C)CC(C(=O)Oc2cc(OC(=O)C3CC(C)(C)N(C(C)(C)C)C3(C)C)c(OC(=O)C3CC(C)(C)N(C(C)(C)C)C3(C)C)cc2OC(=O)C2CC(C)(C)N(C(C)(C)C)C2(C)C)C1(C)C. The van der Waals surface area contributed by atoms with Crippen molar-refractivity contribution in [1.82, 2.24) is 19.6 Å². The highest BCUT2D eigenvalue weighted by atomic mass is 16.6. The molecule has 70 heavy (non-hydrogen) atoms. The lowest BCUT2D eigenvalue weighted by molar-refractivity contribution is -0.146. The monoisotopic (exact) mass is 979 g/mol. The molecule has 0 bridgehead atoms. The molecule has 0 saturated carbocycles. The molecule has 0 aliphatic carbocycles. The Morgan fingerprint density at radius 3 is 0.600 bits per heavy atom. The predicted octanol–water partition coefficient (Wildman–Crippen LogP) is 12.0. The van der Waals surface area contributed by atoms with Crippen LogP contribution in [0, 0.1) is 23.7 Å². The lowest BCUT2D eigenvalue weighted by Crippen LogP contribution is -2.59. The van der Waals surface area contributed by atoms with Gasteiger partial charge in [0.15, 0.2) is 23.0 Å². The molecule has 0 spiro atoms. The zero-order chi connectivity index (χ0) is 54.3. The Bertz CT molecular complexity index is 1910.